The number of epoxide rings is 1. The highest BCUT2D eigenvalue weighted by Gasteiger charge is 2.34. The highest BCUT2D eigenvalue weighted by atomic mass is 19.4. The van der Waals surface area contributed by atoms with Crippen LogP contribution in [0.1, 0.15) is 15.9 Å². The van der Waals surface area contributed by atoms with Crippen LogP contribution in [0.2, 0.25) is 0 Å². The lowest BCUT2D eigenvalue weighted by Crippen LogP contribution is -2.12. The maximum absolute atomic E-state index is 12.6. The van der Waals surface area contributed by atoms with Crippen LogP contribution in [0.3, 0.4) is 0 Å². The molecule has 6 heteroatoms. The molecule has 1 aromatic rings. The maximum Gasteiger partial charge on any atom is 0.417 e. The Morgan fingerprint density at radius 3 is 2.71 bits per heavy atom. The molecule has 0 aromatic heterocycles. The standard InChI is InChI=1S/C11H9F3O3/c12-11(13,14)9-2-1-3-10(8(9)4-15)17-6-7-5-16-7/h1-4,7H,5-6H2/t7-/m1/s1. The van der Waals surface area contributed by atoms with Gasteiger partial charge in [0.2, 0.25) is 0 Å². The number of alkyl halides is 3. The minimum atomic E-state index is -4.56. The highest BCUT2D eigenvalue weighted by molar-refractivity contribution is 5.82. The second-order valence-corrected chi connectivity index (χ2v) is 3.60. The fourth-order valence-electron chi connectivity index (χ4n) is 1.39. The van der Waals surface area contributed by atoms with E-state index in [9.17, 15) is 18.0 Å². The van der Waals surface area contributed by atoms with Crippen LogP contribution in [-0.4, -0.2) is 25.6 Å². The second kappa shape index (κ2) is 4.37. The van der Waals surface area contributed by atoms with Crippen molar-refractivity contribution in [1.82, 2.24) is 0 Å². The van der Waals surface area contributed by atoms with Gasteiger partial charge in [0.15, 0.2) is 6.29 Å². The number of aldehydes is 1. The van der Waals surface area contributed by atoms with E-state index >= 15 is 0 Å². The molecule has 3 nitrogen and oxygen atoms in total. The predicted molar refractivity (Wildman–Crippen MR) is 52.1 cm³/mol. The van der Waals surface area contributed by atoms with E-state index < -0.39 is 17.3 Å². The predicted octanol–water partition coefficient (Wildman–Crippen LogP) is 2.30. The third kappa shape index (κ3) is 2.76. The van der Waals surface area contributed by atoms with E-state index in [1.54, 1.807) is 0 Å². The van der Waals surface area contributed by atoms with Crippen LogP contribution < -0.4 is 4.74 Å². The second-order valence-electron chi connectivity index (χ2n) is 3.60. The van der Waals surface area contributed by atoms with E-state index in [-0.39, 0.29) is 24.7 Å². The minimum absolute atomic E-state index is 0.0645. The molecule has 0 radical (unpaired) electrons. The first-order valence-electron chi connectivity index (χ1n) is 4.92. The first-order chi connectivity index (χ1) is 8.02. The van der Waals surface area contributed by atoms with Crippen molar-refractivity contribution in [3.05, 3.63) is 29.3 Å². The lowest BCUT2D eigenvalue weighted by molar-refractivity contribution is -0.137. The molecule has 17 heavy (non-hydrogen) atoms. The maximum atomic E-state index is 12.6. The van der Waals surface area contributed by atoms with E-state index in [4.69, 9.17) is 9.47 Å². The Morgan fingerprint density at radius 2 is 2.18 bits per heavy atom. The van der Waals surface area contributed by atoms with E-state index in [0.717, 1.165) is 6.07 Å². The normalized spacial score (nSPS) is 18.9. The molecule has 0 aliphatic carbocycles. The number of ether oxygens (including phenoxy) is 2. The van der Waals surface area contributed by atoms with Crippen LogP contribution >= 0.6 is 0 Å². The summed E-state index contributed by atoms with van der Waals surface area (Å²) < 4.78 is 47.8. The van der Waals surface area contributed by atoms with Crippen molar-refractivity contribution in [1.29, 1.82) is 0 Å². The number of carbonyl (C=O) groups is 1. The highest BCUT2D eigenvalue weighted by Crippen LogP contribution is 2.35. The number of benzene rings is 1. The summed E-state index contributed by atoms with van der Waals surface area (Å²) >= 11 is 0. The van der Waals surface area contributed by atoms with E-state index in [1.165, 1.54) is 12.1 Å². The van der Waals surface area contributed by atoms with Crippen LogP contribution in [0.25, 0.3) is 0 Å². The summed E-state index contributed by atoms with van der Waals surface area (Å²) in [5, 5.41) is 0. The molecular weight excluding hydrogens is 237 g/mol. The van der Waals surface area contributed by atoms with Crippen LogP contribution in [0.5, 0.6) is 5.75 Å². The average molecular weight is 246 g/mol. The van der Waals surface area contributed by atoms with Gasteiger partial charge in [-0.25, -0.2) is 0 Å². The molecule has 92 valence electrons. The van der Waals surface area contributed by atoms with Gasteiger partial charge < -0.3 is 9.47 Å². The largest absolute Gasteiger partial charge is 0.490 e. The third-order valence-electron chi connectivity index (χ3n) is 2.32. The van der Waals surface area contributed by atoms with E-state index in [1.807, 2.05) is 0 Å². The Labute approximate surface area is 95.1 Å². The van der Waals surface area contributed by atoms with Crippen molar-refractivity contribution in [3.63, 3.8) is 0 Å². The molecule has 0 spiro atoms. The number of carbonyl (C=O) groups excluding carboxylic acids is 1. The van der Waals surface area contributed by atoms with Crippen LogP contribution in [0.4, 0.5) is 13.2 Å². The van der Waals surface area contributed by atoms with Gasteiger partial charge in [-0.15, -0.1) is 0 Å². The summed E-state index contributed by atoms with van der Waals surface area (Å²) in [5.41, 5.74) is -1.46. The van der Waals surface area contributed by atoms with Gasteiger partial charge in [-0.3, -0.25) is 4.79 Å². The lowest BCUT2D eigenvalue weighted by Gasteiger charge is -2.13. The van der Waals surface area contributed by atoms with Gasteiger partial charge >= 0.3 is 6.18 Å². The SMILES string of the molecule is O=Cc1c(OC[C@H]2CO2)cccc1C(F)(F)F. The molecule has 1 heterocycles. The van der Waals surface area contributed by atoms with Gasteiger partial charge in [0, 0.05) is 0 Å². The smallest absolute Gasteiger partial charge is 0.417 e. The summed E-state index contributed by atoms with van der Waals surface area (Å²) in [4.78, 5) is 10.7. The molecule has 1 saturated heterocycles. The molecule has 1 atom stereocenters. The van der Waals surface area contributed by atoms with Crippen molar-refractivity contribution in [2.45, 2.75) is 12.3 Å². The van der Waals surface area contributed by atoms with Gasteiger partial charge in [-0.05, 0) is 12.1 Å². The topological polar surface area (TPSA) is 38.8 Å². The van der Waals surface area contributed by atoms with Crippen LogP contribution in [-0.2, 0) is 10.9 Å². The zero-order valence-corrected chi connectivity index (χ0v) is 8.66. The molecule has 1 aliphatic rings. The van der Waals surface area contributed by atoms with Crippen LogP contribution in [0, 0.1) is 0 Å². The fourth-order valence-corrected chi connectivity index (χ4v) is 1.39. The van der Waals surface area contributed by atoms with Crippen molar-refractivity contribution in [2.75, 3.05) is 13.2 Å². The molecule has 0 N–H and O–H groups in total. The zero-order chi connectivity index (χ0) is 12.5. The Hall–Kier alpha value is -1.56. The molecule has 0 bridgehead atoms. The third-order valence-corrected chi connectivity index (χ3v) is 2.32. The van der Waals surface area contributed by atoms with Crippen molar-refractivity contribution >= 4 is 6.29 Å². The van der Waals surface area contributed by atoms with Gasteiger partial charge in [0.05, 0.1) is 17.7 Å². The monoisotopic (exact) mass is 246 g/mol. The number of hydrogen-bond donors (Lipinski definition) is 0. The molecule has 1 aliphatic heterocycles. The van der Waals surface area contributed by atoms with Gasteiger partial charge in [0.25, 0.3) is 0 Å². The van der Waals surface area contributed by atoms with Gasteiger partial charge in [0.1, 0.15) is 18.5 Å². The minimum Gasteiger partial charge on any atom is -0.490 e. The summed E-state index contributed by atoms with van der Waals surface area (Å²) in [6.07, 6.45) is -4.48. The van der Waals surface area contributed by atoms with E-state index in [0.29, 0.717) is 6.61 Å². The van der Waals surface area contributed by atoms with Gasteiger partial charge in [-0.2, -0.15) is 13.2 Å². The number of hydrogen-bond acceptors (Lipinski definition) is 3. The summed E-state index contributed by atoms with van der Waals surface area (Å²) in [6.45, 7) is 0.692. The Bertz CT molecular complexity index is 424. The fraction of sp³-hybridized carbons (Fsp3) is 0.364. The van der Waals surface area contributed by atoms with Crippen molar-refractivity contribution in [3.8, 4) is 5.75 Å². The lowest BCUT2D eigenvalue weighted by atomic mass is 10.1. The number of rotatable bonds is 4. The summed E-state index contributed by atoms with van der Waals surface area (Å²) in [6, 6.07) is 3.39. The summed E-state index contributed by atoms with van der Waals surface area (Å²) in [5.74, 6) is -0.0645. The van der Waals surface area contributed by atoms with Gasteiger partial charge in [-0.1, -0.05) is 6.07 Å². The molecule has 0 saturated carbocycles. The van der Waals surface area contributed by atoms with Crippen molar-refractivity contribution < 1.29 is 27.4 Å². The zero-order valence-electron chi connectivity index (χ0n) is 8.66. The molecule has 2 rings (SSSR count). The first kappa shape index (κ1) is 11.9. The Kier molecular flexibility index (Phi) is 3.06. The molecule has 1 fully saturated rings. The molecule has 0 amide bonds. The summed E-state index contributed by atoms with van der Waals surface area (Å²) in [7, 11) is 0. The Balaban J connectivity index is 2.27. The molecular formula is C11H9F3O3. The number of halogens is 3. The van der Waals surface area contributed by atoms with Crippen molar-refractivity contribution in [2.24, 2.45) is 0 Å². The quantitative estimate of drug-likeness (QED) is 0.604. The average Bonchev–Trinajstić information content (AvgIpc) is 3.08. The first-order valence-corrected chi connectivity index (χ1v) is 4.92. The van der Waals surface area contributed by atoms with Crippen LogP contribution in [0.15, 0.2) is 18.2 Å². The molecule has 1 aromatic carbocycles. The Morgan fingerprint density at radius 1 is 1.47 bits per heavy atom. The molecule has 0 unspecified atom stereocenters. The van der Waals surface area contributed by atoms with E-state index in [2.05, 4.69) is 0 Å².